The van der Waals surface area contributed by atoms with Gasteiger partial charge < -0.3 is 9.47 Å². The first-order valence-corrected chi connectivity index (χ1v) is 9.98. The fourth-order valence-electron chi connectivity index (χ4n) is 4.33. The lowest BCUT2D eigenvalue weighted by molar-refractivity contribution is -0.130. The molecule has 0 aromatic heterocycles. The highest BCUT2D eigenvalue weighted by Crippen LogP contribution is 2.61. The van der Waals surface area contributed by atoms with Crippen molar-refractivity contribution in [3.8, 4) is 17.2 Å². The first-order chi connectivity index (χ1) is 14.0. The van der Waals surface area contributed by atoms with Gasteiger partial charge in [0.05, 0.1) is 0 Å². The van der Waals surface area contributed by atoms with Crippen molar-refractivity contribution in [3.63, 3.8) is 0 Å². The summed E-state index contributed by atoms with van der Waals surface area (Å²) in [6, 6.07) is 17.6. The van der Waals surface area contributed by atoms with Gasteiger partial charge in [0.1, 0.15) is 17.2 Å². The van der Waals surface area contributed by atoms with Crippen LogP contribution in [0.25, 0.3) is 10.8 Å². The van der Waals surface area contributed by atoms with Crippen molar-refractivity contribution in [2.45, 2.75) is 25.2 Å². The molecule has 3 aromatic carbocycles. The molecule has 0 saturated carbocycles. The topological polar surface area (TPSA) is 35.5 Å². The molecule has 0 radical (unpaired) electrons. The predicted molar refractivity (Wildman–Crippen MR) is 115 cm³/mol. The molecule has 3 nitrogen and oxygen atoms in total. The van der Waals surface area contributed by atoms with E-state index in [2.05, 4.69) is 12.7 Å². The average molecular weight is 403 g/mol. The number of fused-ring (bicyclic) bond motifs is 6. The number of ether oxygens (including phenoxy) is 2. The zero-order valence-corrected chi connectivity index (χ0v) is 16.7. The van der Waals surface area contributed by atoms with E-state index in [1.165, 1.54) is 0 Å². The molecular formula is C25H19ClO3. The van der Waals surface area contributed by atoms with Gasteiger partial charge in [-0.15, -0.1) is 0 Å². The molecule has 0 N–H and O–H groups in total. The number of hydrogen-bond donors (Lipinski definition) is 0. The van der Waals surface area contributed by atoms with E-state index >= 15 is 0 Å². The molecule has 0 heterocycles. The maximum Gasteiger partial charge on any atom is 0.338 e. The van der Waals surface area contributed by atoms with Crippen molar-refractivity contribution in [1.29, 1.82) is 0 Å². The second-order valence-corrected chi connectivity index (χ2v) is 8.00. The molecule has 0 fully saturated rings. The van der Waals surface area contributed by atoms with Crippen molar-refractivity contribution in [2.24, 2.45) is 0 Å². The molecule has 2 aliphatic rings. The van der Waals surface area contributed by atoms with Gasteiger partial charge in [0.15, 0.2) is 0 Å². The van der Waals surface area contributed by atoms with Gasteiger partial charge >= 0.3 is 5.97 Å². The Bertz CT molecular complexity index is 1190. The summed E-state index contributed by atoms with van der Waals surface area (Å²) in [5.41, 5.74) is 2.38. The lowest BCUT2D eigenvalue weighted by Gasteiger charge is -2.23. The molecule has 4 heteroatoms. The fraction of sp³-hybridized carbons (Fsp3) is 0.160. The summed E-state index contributed by atoms with van der Waals surface area (Å²) in [7, 11) is 0. The van der Waals surface area contributed by atoms with Crippen molar-refractivity contribution in [3.05, 3.63) is 89.0 Å². The van der Waals surface area contributed by atoms with Crippen LogP contribution >= 0.6 is 11.6 Å². The number of allylic oxidation sites excluding steroid dienone is 2. The number of carbonyl (C=O) groups is 1. The normalized spacial score (nSPS) is 19.0. The van der Waals surface area contributed by atoms with Crippen molar-refractivity contribution >= 4 is 28.3 Å². The fourth-order valence-corrected chi connectivity index (χ4v) is 4.68. The Balaban J connectivity index is 1.78. The van der Waals surface area contributed by atoms with Crippen LogP contribution in [0.5, 0.6) is 17.2 Å². The summed E-state index contributed by atoms with van der Waals surface area (Å²) in [6.07, 6.45) is 2.96. The molecule has 0 saturated heterocycles. The summed E-state index contributed by atoms with van der Waals surface area (Å²) in [4.78, 5) is 12.4. The molecule has 29 heavy (non-hydrogen) atoms. The van der Waals surface area contributed by atoms with E-state index in [1.807, 2.05) is 54.6 Å². The van der Waals surface area contributed by atoms with Crippen LogP contribution in [0, 0.1) is 0 Å². The Morgan fingerprint density at radius 2 is 1.66 bits per heavy atom. The summed E-state index contributed by atoms with van der Waals surface area (Å²) >= 11 is 6.53. The van der Waals surface area contributed by atoms with Crippen LogP contribution in [0.2, 0.25) is 0 Å². The van der Waals surface area contributed by atoms with E-state index in [0.29, 0.717) is 11.3 Å². The van der Waals surface area contributed by atoms with Gasteiger partial charge in [-0.25, -0.2) is 4.79 Å². The quantitative estimate of drug-likeness (QED) is 0.273. The summed E-state index contributed by atoms with van der Waals surface area (Å²) < 4.78 is 12.3. The zero-order chi connectivity index (χ0) is 20.1. The van der Waals surface area contributed by atoms with E-state index < -0.39 is 5.97 Å². The van der Waals surface area contributed by atoms with Gasteiger partial charge in [-0.05, 0) is 25.5 Å². The van der Waals surface area contributed by atoms with Crippen LogP contribution in [0.15, 0.2) is 77.9 Å². The van der Waals surface area contributed by atoms with Crippen molar-refractivity contribution in [1.82, 2.24) is 0 Å². The highest BCUT2D eigenvalue weighted by molar-refractivity contribution is 6.31. The Hall–Kier alpha value is -3.04. The van der Waals surface area contributed by atoms with Crippen LogP contribution in [0.4, 0.5) is 0 Å². The molecule has 144 valence electrons. The first-order valence-electron chi connectivity index (χ1n) is 9.61. The Kier molecular flexibility index (Phi) is 4.21. The minimum Gasteiger partial charge on any atom is -0.456 e. The molecule has 0 spiro atoms. The zero-order valence-electron chi connectivity index (χ0n) is 15.9. The largest absolute Gasteiger partial charge is 0.456 e. The summed E-state index contributed by atoms with van der Waals surface area (Å²) in [5, 5.41) is 2.55. The predicted octanol–water partition coefficient (Wildman–Crippen LogP) is 6.82. The van der Waals surface area contributed by atoms with Gasteiger partial charge in [-0.3, -0.25) is 0 Å². The molecule has 5 rings (SSSR count). The third-order valence-corrected chi connectivity index (χ3v) is 5.99. The minimum atomic E-state index is -0.433. The number of hydrogen-bond acceptors (Lipinski definition) is 3. The van der Waals surface area contributed by atoms with Crippen molar-refractivity contribution < 1.29 is 14.3 Å². The molecule has 2 aliphatic carbocycles. The molecule has 0 amide bonds. The van der Waals surface area contributed by atoms with Crippen LogP contribution in [0.3, 0.4) is 0 Å². The average Bonchev–Trinajstić information content (AvgIpc) is 3.28. The van der Waals surface area contributed by atoms with Gasteiger partial charge in [0.25, 0.3) is 0 Å². The summed E-state index contributed by atoms with van der Waals surface area (Å²) in [5.74, 6) is 1.88. The number of benzene rings is 3. The standard InChI is InChI=1S/C25H19ClO3/c1-14(2)25(27)29-24-18-11-7-6-10-17(18)23(28-16-8-4-3-5-9-16)21-15-12-19(22(21)24)20(26)13-15/h3-11,13,15,19H,1,12H2,2H3. The van der Waals surface area contributed by atoms with Gasteiger partial charge in [0, 0.05) is 44.3 Å². The lowest BCUT2D eigenvalue weighted by atomic mass is 9.90. The summed E-state index contributed by atoms with van der Waals surface area (Å²) in [6.45, 7) is 5.37. The first kappa shape index (κ1) is 18.0. The second-order valence-electron chi connectivity index (χ2n) is 7.56. The van der Waals surface area contributed by atoms with Crippen LogP contribution in [-0.4, -0.2) is 5.97 Å². The van der Waals surface area contributed by atoms with E-state index in [4.69, 9.17) is 21.1 Å². The number of halogens is 1. The molecule has 0 aliphatic heterocycles. The third-order valence-electron chi connectivity index (χ3n) is 5.60. The Morgan fingerprint density at radius 3 is 2.34 bits per heavy atom. The van der Waals surface area contributed by atoms with Crippen molar-refractivity contribution in [2.75, 3.05) is 0 Å². The van der Waals surface area contributed by atoms with Gasteiger partial charge in [0.2, 0.25) is 0 Å². The Labute approximate surface area is 174 Å². The van der Waals surface area contributed by atoms with E-state index in [1.54, 1.807) is 6.92 Å². The van der Waals surface area contributed by atoms with E-state index in [9.17, 15) is 4.79 Å². The second kappa shape index (κ2) is 6.78. The third kappa shape index (κ3) is 2.85. The highest BCUT2D eigenvalue weighted by Gasteiger charge is 2.43. The highest BCUT2D eigenvalue weighted by atomic mass is 35.5. The number of rotatable bonds is 4. The maximum absolute atomic E-state index is 12.4. The van der Waals surface area contributed by atoms with Gasteiger partial charge in [-0.1, -0.05) is 66.7 Å². The van der Waals surface area contributed by atoms with E-state index in [-0.39, 0.29) is 11.8 Å². The maximum atomic E-state index is 12.4. The number of esters is 1. The smallest absolute Gasteiger partial charge is 0.338 e. The van der Waals surface area contributed by atoms with Crippen LogP contribution in [0.1, 0.15) is 36.3 Å². The molecule has 2 unspecified atom stereocenters. The SMILES string of the molecule is C=C(C)C(=O)Oc1c2c(c(Oc3ccccc3)c3ccccc13)C1C=C(Cl)C2C1. The molecule has 2 atom stereocenters. The number of carbonyl (C=O) groups excluding carboxylic acids is 1. The Morgan fingerprint density at radius 1 is 1.00 bits per heavy atom. The lowest BCUT2D eigenvalue weighted by Crippen LogP contribution is -2.12. The number of para-hydroxylation sites is 1. The van der Waals surface area contributed by atoms with Crippen LogP contribution < -0.4 is 9.47 Å². The molecular weight excluding hydrogens is 384 g/mol. The molecule has 3 aromatic rings. The van der Waals surface area contributed by atoms with Gasteiger partial charge in [-0.2, -0.15) is 0 Å². The van der Waals surface area contributed by atoms with E-state index in [0.717, 1.165) is 44.9 Å². The van der Waals surface area contributed by atoms with Crippen LogP contribution in [-0.2, 0) is 4.79 Å². The minimum absolute atomic E-state index is 0.0207. The molecule has 2 bridgehead atoms. The monoisotopic (exact) mass is 402 g/mol.